The maximum atomic E-state index is 11.6. The van der Waals surface area contributed by atoms with Crippen molar-refractivity contribution in [3.05, 3.63) is 15.8 Å². The molecule has 5 nitrogen and oxygen atoms in total. The summed E-state index contributed by atoms with van der Waals surface area (Å²) in [5, 5.41) is 12.8. The van der Waals surface area contributed by atoms with Gasteiger partial charge in [0.25, 0.3) is 0 Å². The first kappa shape index (κ1) is 14.5. The largest absolute Gasteiger partial charge is 0.465 e. The Morgan fingerprint density at radius 3 is 2.94 bits per heavy atom. The molecule has 0 unspecified atom stereocenters. The summed E-state index contributed by atoms with van der Waals surface area (Å²) < 4.78 is 4.64. The first-order valence-corrected chi connectivity index (χ1v) is 7.04. The van der Waals surface area contributed by atoms with Gasteiger partial charge < -0.3 is 10.1 Å². The SMILES string of the molecule is COC(=O)c1scc(C)c1NC(=O)CSCC#N. The predicted octanol–water partition coefficient (Wildman–Crippen LogP) is 2.04. The molecule has 0 atom stereocenters. The summed E-state index contributed by atoms with van der Waals surface area (Å²) >= 11 is 2.45. The standard InChI is InChI=1S/C11H12N2O3S2/c1-7-5-18-10(11(15)16-2)9(7)13-8(14)6-17-4-3-12/h5H,4,6H2,1-2H3,(H,13,14). The fourth-order valence-corrected chi connectivity index (χ4v) is 2.58. The Labute approximate surface area is 113 Å². The Morgan fingerprint density at radius 1 is 1.61 bits per heavy atom. The molecule has 0 radical (unpaired) electrons. The smallest absolute Gasteiger partial charge is 0.350 e. The fourth-order valence-electron chi connectivity index (χ4n) is 1.21. The van der Waals surface area contributed by atoms with Gasteiger partial charge in [-0.1, -0.05) is 0 Å². The highest BCUT2D eigenvalue weighted by Gasteiger charge is 2.18. The third-order valence-corrected chi connectivity index (χ3v) is 3.89. The van der Waals surface area contributed by atoms with E-state index in [-0.39, 0.29) is 17.4 Å². The fraction of sp³-hybridized carbons (Fsp3) is 0.364. The van der Waals surface area contributed by atoms with Crippen LogP contribution in [-0.4, -0.2) is 30.5 Å². The number of carbonyl (C=O) groups excluding carboxylic acids is 2. The highest BCUT2D eigenvalue weighted by Crippen LogP contribution is 2.28. The van der Waals surface area contributed by atoms with Crippen molar-refractivity contribution in [2.24, 2.45) is 0 Å². The van der Waals surface area contributed by atoms with Crippen molar-refractivity contribution in [1.82, 2.24) is 0 Å². The minimum atomic E-state index is -0.465. The summed E-state index contributed by atoms with van der Waals surface area (Å²) in [5.41, 5.74) is 1.31. The van der Waals surface area contributed by atoms with Gasteiger partial charge >= 0.3 is 5.97 Å². The van der Waals surface area contributed by atoms with E-state index in [1.54, 1.807) is 12.3 Å². The summed E-state index contributed by atoms with van der Waals surface area (Å²) in [6, 6.07) is 1.94. The number of carbonyl (C=O) groups is 2. The third kappa shape index (κ3) is 3.75. The van der Waals surface area contributed by atoms with Crippen LogP contribution in [0, 0.1) is 18.3 Å². The van der Waals surface area contributed by atoms with Crippen LogP contribution in [0.2, 0.25) is 0 Å². The Kier molecular flexibility index (Phi) is 5.68. The van der Waals surface area contributed by atoms with E-state index >= 15 is 0 Å². The minimum Gasteiger partial charge on any atom is -0.465 e. The van der Waals surface area contributed by atoms with Crippen molar-refractivity contribution >= 4 is 40.7 Å². The Bertz CT molecular complexity index is 491. The van der Waals surface area contributed by atoms with Gasteiger partial charge in [-0.3, -0.25) is 4.79 Å². The van der Waals surface area contributed by atoms with E-state index in [4.69, 9.17) is 5.26 Å². The summed E-state index contributed by atoms with van der Waals surface area (Å²) in [6.07, 6.45) is 0. The number of nitriles is 1. The van der Waals surface area contributed by atoms with E-state index in [2.05, 4.69) is 10.1 Å². The minimum absolute atomic E-state index is 0.184. The number of thiophene rings is 1. The van der Waals surface area contributed by atoms with Crippen LogP contribution in [0.5, 0.6) is 0 Å². The lowest BCUT2D eigenvalue weighted by Crippen LogP contribution is -2.16. The van der Waals surface area contributed by atoms with Gasteiger partial charge in [0.1, 0.15) is 4.88 Å². The van der Waals surface area contributed by atoms with Crippen LogP contribution in [0.3, 0.4) is 0 Å². The van der Waals surface area contributed by atoms with Crippen LogP contribution in [0.15, 0.2) is 5.38 Å². The number of amides is 1. The summed E-state index contributed by atoms with van der Waals surface area (Å²) in [5.74, 6) is -0.251. The number of anilines is 1. The van der Waals surface area contributed by atoms with Gasteiger partial charge in [-0.25, -0.2) is 4.79 Å². The van der Waals surface area contributed by atoms with Crippen LogP contribution in [0.1, 0.15) is 15.2 Å². The van der Waals surface area contributed by atoms with Crippen molar-refractivity contribution in [1.29, 1.82) is 5.26 Å². The Hall–Kier alpha value is -1.52. The third-order valence-electron chi connectivity index (χ3n) is 2.01. The Morgan fingerprint density at radius 2 is 2.33 bits per heavy atom. The number of nitrogens with zero attached hydrogens (tertiary/aromatic N) is 1. The lowest BCUT2D eigenvalue weighted by molar-refractivity contribution is -0.113. The van der Waals surface area contributed by atoms with Gasteiger partial charge in [0, 0.05) is 0 Å². The lowest BCUT2D eigenvalue weighted by Gasteiger charge is -2.06. The Balaban J connectivity index is 2.72. The van der Waals surface area contributed by atoms with Crippen LogP contribution < -0.4 is 5.32 Å². The second kappa shape index (κ2) is 7.03. The molecule has 0 aromatic carbocycles. The number of methoxy groups -OCH3 is 1. The zero-order chi connectivity index (χ0) is 13.5. The molecule has 0 saturated carbocycles. The molecular weight excluding hydrogens is 272 g/mol. The molecule has 96 valence electrons. The van der Waals surface area contributed by atoms with E-state index in [1.807, 2.05) is 6.07 Å². The van der Waals surface area contributed by atoms with Crippen LogP contribution >= 0.6 is 23.1 Å². The van der Waals surface area contributed by atoms with E-state index in [0.29, 0.717) is 10.6 Å². The number of hydrogen-bond acceptors (Lipinski definition) is 6. The van der Waals surface area contributed by atoms with Gasteiger partial charge in [0.05, 0.1) is 30.4 Å². The van der Waals surface area contributed by atoms with Crippen molar-refractivity contribution < 1.29 is 14.3 Å². The van der Waals surface area contributed by atoms with Crippen LogP contribution in [0.4, 0.5) is 5.69 Å². The number of ether oxygens (including phenoxy) is 1. The molecule has 0 spiro atoms. The molecule has 7 heteroatoms. The second-order valence-corrected chi connectivity index (χ2v) is 5.18. The molecule has 18 heavy (non-hydrogen) atoms. The number of hydrogen-bond donors (Lipinski definition) is 1. The molecule has 1 amide bonds. The topological polar surface area (TPSA) is 79.2 Å². The van der Waals surface area contributed by atoms with Gasteiger partial charge in [-0.05, 0) is 17.9 Å². The molecule has 1 N–H and O–H groups in total. The lowest BCUT2D eigenvalue weighted by atomic mass is 10.2. The molecule has 0 aliphatic carbocycles. The normalized spacial score (nSPS) is 9.61. The number of thioether (sulfide) groups is 1. The van der Waals surface area contributed by atoms with Gasteiger partial charge in [-0.15, -0.1) is 23.1 Å². The van der Waals surface area contributed by atoms with Crippen molar-refractivity contribution in [3.8, 4) is 6.07 Å². The molecule has 0 fully saturated rings. The maximum Gasteiger partial charge on any atom is 0.350 e. The molecular formula is C11H12N2O3S2. The summed E-state index contributed by atoms with van der Waals surface area (Å²) in [4.78, 5) is 23.5. The van der Waals surface area contributed by atoms with E-state index in [9.17, 15) is 9.59 Å². The molecule has 0 aliphatic rings. The van der Waals surface area contributed by atoms with Gasteiger partial charge in [-0.2, -0.15) is 5.26 Å². The number of esters is 1. The van der Waals surface area contributed by atoms with Crippen molar-refractivity contribution in [2.45, 2.75) is 6.92 Å². The molecule has 1 rings (SSSR count). The van der Waals surface area contributed by atoms with Crippen molar-refractivity contribution in [2.75, 3.05) is 23.9 Å². The number of nitrogens with one attached hydrogen (secondary N) is 1. The van der Waals surface area contributed by atoms with E-state index < -0.39 is 5.97 Å². The first-order valence-electron chi connectivity index (χ1n) is 5.01. The average molecular weight is 284 g/mol. The predicted molar refractivity (Wildman–Crippen MR) is 72.0 cm³/mol. The summed E-state index contributed by atoms with van der Waals surface area (Å²) in [6.45, 7) is 1.81. The molecule has 1 heterocycles. The zero-order valence-electron chi connectivity index (χ0n) is 9.98. The molecule has 0 saturated heterocycles. The van der Waals surface area contributed by atoms with Crippen LogP contribution in [-0.2, 0) is 9.53 Å². The molecule has 0 aliphatic heterocycles. The van der Waals surface area contributed by atoms with Gasteiger partial charge in [0.2, 0.25) is 5.91 Å². The van der Waals surface area contributed by atoms with Gasteiger partial charge in [0.15, 0.2) is 0 Å². The highest BCUT2D eigenvalue weighted by atomic mass is 32.2. The molecule has 1 aromatic rings. The van der Waals surface area contributed by atoms with E-state index in [1.165, 1.54) is 30.2 Å². The maximum absolute atomic E-state index is 11.6. The number of rotatable bonds is 5. The molecule has 1 aromatic heterocycles. The molecule has 0 bridgehead atoms. The summed E-state index contributed by atoms with van der Waals surface area (Å²) in [7, 11) is 1.30. The second-order valence-electron chi connectivity index (χ2n) is 3.31. The average Bonchev–Trinajstić information content (AvgIpc) is 2.71. The zero-order valence-corrected chi connectivity index (χ0v) is 11.6. The quantitative estimate of drug-likeness (QED) is 0.661. The van der Waals surface area contributed by atoms with Crippen LogP contribution in [0.25, 0.3) is 0 Å². The van der Waals surface area contributed by atoms with Crippen molar-refractivity contribution in [3.63, 3.8) is 0 Å². The first-order chi connectivity index (χ1) is 8.60. The highest BCUT2D eigenvalue weighted by molar-refractivity contribution is 8.00. The number of aryl methyl sites for hydroxylation is 1. The monoisotopic (exact) mass is 284 g/mol. The van der Waals surface area contributed by atoms with E-state index in [0.717, 1.165) is 5.56 Å².